The molecule has 2 nitrogen and oxygen atoms in total. The van der Waals surface area contributed by atoms with Crippen LogP contribution in [0.4, 0.5) is 0 Å². The molecule has 1 aromatic carbocycles. The number of allylic oxidation sites excluding steroid dienone is 1. The fraction of sp³-hybridized carbons (Fsp3) is 0.231. The Kier molecular flexibility index (Phi) is 4.13. The smallest absolute Gasteiger partial charge is 0.127 e. The first kappa shape index (κ1) is 11.5. The number of hydrogen-bond acceptors (Lipinski definition) is 2. The molecule has 80 valence electrons. The Morgan fingerprint density at radius 3 is 2.67 bits per heavy atom. The lowest BCUT2D eigenvalue weighted by molar-refractivity contribution is 0.281. The van der Waals surface area contributed by atoms with Crippen molar-refractivity contribution in [1.29, 1.82) is 0 Å². The standard InChI is InChI=1S/C13H16O2/c1-4-6-12-11(5-2)7-10(9-14)8-13(12)15-3/h4-8,14H,2,9H2,1,3H3/b6-4-. The normalized spacial score (nSPS) is 10.6. The Bertz CT molecular complexity index is 378. The number of rotatable bonds is 4. The molecule has 0 radical (unpaired) electrons. The molecule has 1 N–H and O–H groups in total. The minimum Gasteiger partial charge on any atom is -0.496 e. The van der Waals surface area contributed by atoms with Gasteiger partial charge in [0.25, 0.3) is 0 Å². The van der Waals surface area contributed by atoms with Crippen molar-refractivity contribution in [3.05, 3.63) is 41.5 Å². The number of methoxy groups -OCH3 is 1. The maximum Gasteiger partial charge on any atom is 0.127 e. The largest absolute Gasteiger partial charge is 0.496 e. The van der Waals surface area contributed by atoms with E-state index in [0.717, 1.165) is 22.4 Å². The van der Waals surface area contributed by atoms with Crippen molar-refractivity contribution in [3.63, 3.8) is 0 Å². The maximum absolute atomic E-state index is 9.09. The van der Waals surface area contributed by atoms with E-state index in [9.17, 15) is 0 Å². The van der Waals surface area contributed by atoms with Gasteiger partial charge in [0, 0.05) is 5.56 Å². The quantitative estimate of drug-likeness (QED) is 0.817. The molecule has 1 aromatic rings. The van der Waals surface area contributed by atoms with Gasteiger partial charge in [-0.25, -0.2) is 0 Å². The van der Waals surface area contributed by atoms with Crippen LogP contribution >= 0.6 is 0 Å². The van der Waals surface area contributed by atoms with Crippen LogP contribution in [-0.4, -0.2) is 12.2 Å². The third-order valence-corrected chi connectivity index (χ3v) is 2.19. The number of ether oxygens (including phenoxy) is 1. The van der Waals surface area contributed by atoms with Crippen molar-refractivity contribution in [1.82, 2.24) is 0 Å². The topological polar surface area (TPSA) is 29.5 Å². The molecule has 0 bridgehead atoms. The van der Waals surface area contributed by atoms with E-state index in [1.807, 2.05) is 31.2 Å². The van der Waals surface area contributed by atoms with Crippen LogP contribution in [0, 0.1) is 0 Å². The first-order valence-electron chi connectivity index (χ1n) is 4.83. The lowest BCUT2D eigenvalue weighted by Crippen LogP contribution is -1.94. The van der Waals surface area contributed by atoms with E-state index in [2.05, 4.69) is 6.58 Å². The summed E-state index contributed by atoms with van der Waals surface area (Å²) in [7, 11) is 1.62. The highest BCUT2D eigenvalue weighted by Gasteiger charge is 2.06. The van der Waals surface area contributed by atoms with Crippen molar-refractivity contribution < 1.29 is 9.84 Å². The molecule has 2 heteroatoms. The first-order valence-corrected chi connectivity index (χ1v) is 4.83. The van der Waals surface area contributed by atoms with Crippen molar-refractivity contribution >= 4 is 12.2 Å². The molecule has 0 unspecified atom stereocenters. The van der Waals surface area contributed by atoms with Crippen molar-refractivity contribution in [3.8, 4) is 5.75 Å². The average Bonchev–Trinajstić information content (AvgIpc) is 2.29. The van der Waals surface area contributed by atoms with Gasteiger partial charge in [-0.3, -0.25) is 0 Å². The van der Waals surface area contributed by atoms with E-state index in [0.29, 0.717) is 0 Å². The van der Waals surface area contributed by atoms with Gasteiger partial charge in [0.15, 0.2) is 0 Å². The summed E-state index contributed by atoms with van der Waals surface area (Å²) >= 11 is 0. The molecular weight excluding hydrogens is 188 g/mol. The van der Waals surface area contributed by atoms with E-state index in [1.165, 1.54) is 0 Å². The highest BCUT2D eigenvalue weighted by atomic mass is 16.5. The van der Waals surface area contributed by atoms with Crippen LogP contribution in [0.3, 0.4) is 0 Å². The molecule has 0 fully saturated rings. The summed E-state index contributed by atoms with van der Waals surface area (Å²) in [6.45, 7) is 5.71. The van der Waals surface area contributed by atoms with Gasteiger partial charge >= 0.3 is 0 Å². The number of benzene rings is 1. The highest BCUT2D eigenvalue weighted by Crippen LogP contribution is 2.27. The lowest BCUT2D eigenvalue weighted by Gasteiger charge is -2.10. The third kappa shape index (κ3) is 2.48. The molecule has 0 saturated heterocycles. The van der Waals surface area contributed by atoms with Gasteiger partial charge in [0.2, 0.25) is 0 Å². The summed E-state index contributed by atoms with van der Waals surface area (Å²) in [5, 5.41) is 9.09. The summed E-state index contributed by atoms with van der Waals surface area (Å²) in [6.07, 6.45) is 5.68. The first-order chi connectivity index (χ1) is 7.26. The van der Waals surface area contributed by atoms with Crippen LogP contribution in [0.2, 0.25) is 0 Å². The molecular formula is C13H16O2. The second-order valence-electron chi connectivity index (χ2n) is 3.16. The SMILES string of the molecule is C=Cc1cc(CO)cc(OC)c1/C=C\C. The third-order valence-electron chi connectivity index (χ3n) is 2.19. The molecule has 0 aliphatic carbocycles. The summed E-state index contributed by atoms with van der Waals surface area (Å²) in [5.74, 6) is 0.759. The van der Waals surface area contributed by atoms with Gasteiger partial charge < -0.3 is 9.84 Å². The van der Waals surface area contributed by atoms with Gasteiger partial charge in [-0.1, -0.05) is 24.8 Å². The Morgan fingerprint density at radius 2 is 2.20 bits per heavy atom. The van der Waals surface area contributed by atoms with Crippen LogP contribution in [0.15, 0.2) is 24.8 Å². The molecule has 0 aliphatic heterocycles. The molecule has 0 saturated carbocycles. The molecule has 15 heavy (non-hydrogen) atoms. The summed E-state index contributed by atoms with van der Waals surface area (Å²) in [4.78, 5) is 0. The Hall–Kier alpha value is -1.54. The number of aliphatic hydroxyl groups excluding tert-OH is 1. The second kappa shape index (κ2) is 5.37. The molecule has 1 rings (SSSR count). The van der Waals surface area contributed by atoms with E-state index in [-0.39, 0.29) is 6.61 Å². The van der Waals surface area contributed by atoms with Crippen molar-refractivity contribution in [2.45, 2.75) is 13.5 Å². The van der Waals surface area contributed by atoms with Gasteiger partial charge in [0.1, 0.15) is 5.75 Å². The molecule has 0 atom stereocenters. The Labute approximate surface area is 90.5 Å². The van der Waals surface area contributed by atoms with Gasteiger partial charge in [-0.05, 0) is 30.2 Å². The highest BCUT2D eigenvalue weighted by molar-refractivity contribution is 5.70. The van der Waals surface area contributed by atoms with Crippen LogP contribution < -0.4 is 4.74 Å². The van der Waals surface area contributed by atoms with Crippen LogP contribution in [-0.2, 0) is 6.61 Å². The zero-order valence-electron chi connectivity index (χ0n) is 9.16. The van der Waals surface area contributed by atoms with E-state index < -0.39 is 0 Å². The molecule has 0 aliphatic rings. The molecule has 0 spiro atoms. The Balaban J connectivity index is 3.38. The summed E-state index contributed by atoms with van der Waals surface area (Å²) in [6, 6.07) is 3.74. The Morgan fingerprint density at radius 1 is 1.47 bits per heavy atom. The second-order valence-corrected chi connectivity index (χ2v) is 3.16. The fourth-order valence-electron chi connectivity index (χ4n) is 1.48. The predicted octanol–water partition coefficient (Wildman–Crippen LogP) is 2.86. The zero-order chi connectivity index (χ0) is 11.3. The van der Waals surface area contributed by atoms with Crippen LogP contribution in [0.5, 0.6) is 5.75 Å². The maximum atomic E-state index is 9.09. The van der Waals surface area contributed by atoms with Gasteiger partial charge in [-0.2, -0.15) is 0 Å². The molecule has 0 amide bonds. The van der Waals surface area contributed by atoms with Crippen molar-refractivity contribution in [2.75, 3.05) is 7.11 Å². The number of aliphatic hydroxyl groups is 1. The zero-order valence-corrected chi connectivity index (χ0v) is 9.16. The summed E-state index contributed by atoms with van der Waals surface area (Å²) < 4.78 is 5.27. The predicted molar refractivity (Wildman–Crippen MR) is 63.7 cm³/mol. The monoisotopic (exact) mass is 204 g/mol. The molecule has 0 aromatic heterocycles. The fourth-order valence-corrected chi connectivity index (χ4v) is 1.48. The van der Waals surface area contributed by atoms with E-state index in [1.54, 1.807) is 13.2 Å². The lowest BCUT2D eigenvalue weighted by atomic mass is 10.0. The van der Waals surface area contributed by atoms with Gasteiger partial charge in [0.05, 0.1) is 13.7 Å². The minimum absolute atomic E-state index is 0.00726. The van der Waals surface area contributed by atoms with Crippen molar-refractivity contribution in [2.24, 2.45) is 0 Å². The summed E-state index contributed by atoms with van der Waals surface area (Å²) in [5.41, 5.74) is 2.79. The van der Waals surface area contributed by atoms with E-state index in [4.69, 9.17) is 9.84 Å². The molecule has 0 heterocycles. The number of hydrogen-bond donors (Lipinski definition) is 1. The average molecular weight is 204 g/mol. The van der Waals surface area contributed by atoms with Gasteiger partial charge in [-0.15, -0.1) is 0 Å². The van der Waals surface area contributed by atoms with Crippen LogP contribution in [0.1, 0.15) is 23.6 Å². The van der Waals surface area contributed by atoms with Crippen LogP contribution in [0.25, 0.3) is 12.2 Å². The van der Waals surface area contributed by atoms with E-state index >= 15 is 0 Å². The minimum atomic E-state index is 0.00726.